The van der Waals surface area contributed by atoms with Crippen molar-refractivity contribution in [3.05, 3.63) is 66.2 Å². The van der Waals surface area contributed by atoms with Crippen LogP contribution >= 0.6 is 0 Å². The van der Waals surface area contributed by atoms with Crippen molar-refractivity contribution in [3.63, 3.8) is 0 Å². The van der Waals surface area contributed by atoms with Crippen LogP contribution in [0.25, 0.3) is 0 Å². The Balaban J connectivity index is 2.01. The molecule has 0 fully saturated rings. The van der Waals surface area contributed by atoms with Gasteiger partial charge in [0.25, 0.3) is 0 Å². The predicted molar refractivity (Wildman–Crippen MR) is 71.3 cm³/mol. The molecule has 0 bridgehead atoms. The Bertz CT molecular complexity index is 446. The SMILES string of the molecule is N#CC(Cc1ccccc1)[Se]c1ccccc1. The molecule has 0 aliphatic rings. The van der Waals surface area contributed by atoms with Gasteiger partial charge < -0.3 is 0 Å². The number of benzene rings is 2. The van der Waals surface area contributed by atoms with Gasteiger partial charge in [-0.25, -0.2) is 0 Å². The van der Waals surface area contributed by atoms with Crippen LogP contribution in [-0.2, 0) is 6.42 Å². The van der Waals surface area contributed by atoms with Crippen molar-refractivity contribution in [2.75, 3.05) is 0 Å². The van der Waals surface area contributed by atoms with Crippen LogP contribution in [0.4, 0.5) is 0 Å². The number of nitriles is 1. The monoisotopic (exact) mass is 287 g/mol. The van der Waals surface area contributed by atoms with Gasteiger partial charge in [0.15, 0.2) is 0 Å². The average molecular weight is 286 g/mol. The predicted octanol–water partition coefficient (Wildman–Crippen LogP) is 2.57. The van der Waals surface area contributed by atoms with Crippen LogP contribution in [0, 0.1) is 11.3 Å². The topological polar surface area (TPSA) is 23.8 Å². The molecule has 84 valence electrons. The quantitative estimate of drug-likeness (QED) is 0.792. The standard InChI is InChI=1S/C15H13NSe/c16-12-15(11-13-7-3-1-4-8-13)17-14-9-5-2-6-10-14/h1-10,15H,11H2. The summed E-state index contributed by atoms with van der Waals surface area (Å²) in [6.45, 7) is 0. The van der Waals surface area contributed by atoms with Gasteiger partial charge >= 0.3 is 108 Å². The summed E-state index contributed by atoms with van der Waals surface area (Å²) in [5.74, 6) is 0. The van der Waals surface area contributed by atoms with Crippen LogP contribution in [0.2, 0.25) is 4.82 Å². The van der Waals surface area contributed by atoms with Crippen LogP contribution in [0.5, 0.6) is 0 Å². The summed E-state index contributed by atoms with van der Waals surface area (Å²) in [7, 11) is 0. The molecule has 2 heteroatoms. The molecule has 0 saturated carbocycles. The summed E-state index contributed by atoms with van der Waals surface area (Å²) in [5, 5.41) is 9.21. The van der Waals surface area contributed by atoms with Gasteiger partial charge in [0.2, 0.25) is 0 Å². The van der Waals surface area contributed by atoms with E-state index in [-0.39, 0.29) is 19.8 Å². The molecule has 0 spiro atoms. The van der Waals surface area contributed by atoms with Crippen molar-refractivity contribution in [2.24, 2.45) is 0 Å². The Morgan fingerprint density at radius 1 is 0.941 bits per heavy atom. The first-order valence-electron chi connectivity index (χ1n) is 5.54. The number of nitrogens with zero attached hydrogens (tertiary/aromatic N) is 1. The summed E-state index contributed by atoms with van der Waals surface area (Å²) >= 11 is 0.228. The molecule has 1 unspecified atom stereocenters. The van der Waals surface area contributed by atoms with Gasteiger partial charge in [-0.3, -0.25) is 0 Å². The van der Waals surface area contributed by atoms with Crippen molar-refractivity contribution in [2.45, 2.75) is 11.2 Å². The molecular weight excluding hydrogens is 273 g/mol. The number of hydrogen-bond acceptors (Lipinski definition) is 1. The molecule has 0 N–H and O–H groups in total. The second-order valence-corrected chi connectivity index (χ2v) is 6.42. The minimum absolute atomic E-state index is 0.118. The minimum atomic E-state index is 0.118. The maximum atomic E-state index is 9.21. The van der Waals surface area contributed by atoms with E-state index in [1.807, 2.05) is 36.4 Å². The third-order valence-corrected chi connectivity index (χ3v) is 4.74. The van der Waals surface area contributed by atoms with Crippen molar-refractivity contribution < 1.29 is 0 Å². The summed E-state index contributed by atoms with van der Waals surface area (Å²) in [6.07, 6.45) is 0.853. The first-order valence-corrected chi connectivity index (χ1v) is 7.38. The van der Waals surface area contributed by atoms with E-state index in [4.69, 9.17) is 0 Å². The Kier molecular flexibility index (Phi) is 4.38. The molecule has 0 saturated heterocycles. The van der Waals surface area contributed by atoms with E-state index >= 15 is 0 Å². The van der Waals surface area contributed by atoms with Crippen LogP contribution in [0.1, 0.15) is 5.56 Å². The third-order valence-electron chi connectivity index (χ3n) is 2.43. The van der Waals surface area contributed by atoms with Crippen LogP contribution in [0.3, 0.4) is 0 Å². The molecular formula is C15H13NSe. The molecule has 0 amide bonds. The van der Waals surface area contributed by atoms with E-state index in [1.165, 1.54) is 10.0 Å². The van der Waals surface area contributed by atoms with Gasteiger partial charge in [0, 0.05) is 0 Å². The van der Waals surface area contributed by atoms with E-state index in [0.29, 0.717) is 0 Å². The summed E-state index contributed by atoms with van der Waals surface area (Å²) < 4.78 is 1.29. The average Bonchev–Trinajstić information content (AvgIpc) is 2.40. The van der Waals surface area contributed by atoms with E-state index in [9.17, 15) is 5.26 Å². The van der Waals surface area contributed by atoms with Gasteiger partial charge in [-0.1, -0.05) is 0 Å². The van der Waals surface area contributed by atoms with Crippen LogP contribution < -0.4 is 4.46 Å². The van der Waals surface area contributed by atoms with Crippen molar-refractivity contribution >= 4 is 19.4 Å². The molecule has 2 rings (SSSR count). The third kappa shape index (κ3) is 3.75. The fourth-order valence-electron chi connectivity index (χ4n) is 1.61. The normalized spacial score (nSPS) is 11.7. The fraction of sp³-hybridized carbons (Fsp3) is 0.133. The van der Waals surface area contributed by atoms with Gasteiger partial charge in [-0.2, -0.15) is 0 Å². The van der Waals surface area contributed by atoms with E-state index in [1.54, 1.807) is 0 Å². The fourth-order valence-corrected chi connectivity index (χ4v) is 3.64. The van der Waals surface area contributed by atoms with E-state index < -0.39 is 0 Å². The van der Waals surface area contributed by atoms with Gasteiger partial charge in [0.1, 0.15) is 0 Å². The zero-order chi connectivity index (χ0) is 11.9. The van der Waals surface area contributed by atoms with Crippen molar-refractivity contribution in [1.82, 2.24) is 0 Å². The van der Waals surface area contributed by atoms with Gasteiger partial charge in [-0.05, 0) is 0 Å². The summed E-state index contributed by atoms with van der Waals surface area (Å²) in [5.41, 5.74) is 1.25. The Morgan fingerprint density at radius 2 is 1.53 bits per heavy atom. The molecule has 0 radical (unpaired) electrons. The molecule has 2 aromatic rings. The maximum absolute atomic E-state index is 9.21. The molecule has 1 nitrogen and oxygen atoms in total. The molecule has 0 aromatic heterocycles. The van der Waals surface area contributed by atoms with E-state index in [0.717, 1.165) is 6.42 Å². The van der Waals surface area contributed by atoms with Gasteiger partial charge in [0.05, 0.1) is 0 Å². The molecule has 0 aliphatic heterocycles. The second kappa shape index (κ2) is 6.25. The van der Waals surface area contributed by atoms with E-state index in [2.05, 4.69) is 30.3 Å². The van der Waals surface area contributed by atoms with Gasteiger partial charge in [-0.15, -0.1) is 0 Å². The molecule has 0 heterocycles. The first kappa shape index (κ1) is 11.9. The van der Waals surface area contributed by atoms with Crippen molar-refractivity contribution in [1.29, 1.82) is 5.26 Å². The molecule has 17 heavy (non-hydrogen) atoms. The molecule has 1 atom stereocenters. The molecule has 2 aromatic carbocycles. The Labute approximate surface area is 108 Å². The zero-order valence-corrected chi connectivity index (χ0v) is 11.1. The van der Waals surface area contributed by atoms with Crippen LogP contribution in [0.15, 0.2) is 60.7 Å². The summed E-state index contributed by atoms with van der Waals surface area (Å²) in [6, 6.07) is 23.0. The summed E-state index contributed by atoms with van der Waals surface area (Å²) in [4.78, 5) is 0.118. The molecule has 0 aliphatic carbocycles. The second-order valence-electron chi connectivity index (χ2n) is 3.74. The van der Waals surface area contributed by atoms with Crippen molar-refractivity contribution in [3.8, 4) is 6.07 Å². The Morgan fingerprint density at radius 3 is 2.12 bits per heavy atom. The Hall–Kier alpha value is -1.55. The number of rotatable bonds is 4. The number of hydrogen-bond donors (Lipinski definition) is 0. The first-order chi connectivity index (χ1) is 8.38. The zero-order valence-electron chi connectivity index (χ0n) is 9.41. The van der Waals surface area contributed by atoms with Crippen LogP contribution in [-0.4, -0.2) is 15.0 Å².